The molecular weight excluding hydrogens is 236 g/mol. The van der Waals surface area contributed by atoms with Crippen LogP contribution in [-0.4, -0.2) is 38.9 Å². The van der Waals surface area contributed by atoms with E-state index in [1.807, 2.05) is 0 Å². The van der Waals surface area contributed by atoms with Crippen molar-refractivity contribution in [1.29, 1.82) is 0 Å². The highest BCUT2D eigenvalue weighted by molar-refractivity contribution is 5.74. The van der Waals surface area contributed by atoms with E-state index in [-0.39, 0.29) is 6.61 Å². The van der Waals surface area contributed by atoms with Crippen LogP contribution in [0, 0.1) is 0 Å². The van der Waals surface area contributed by atoms with Crippen molar-refractivity contribution >= 4 is 5.97 Å². The second-order valence-electron chi connectivity index (χ2n) is 4.14. The number of hydrogen-bond donors (Lipinski definition) is 0. The largest absolute Gasteiger partial charge is 0.455 e. The quantitative estimate of drug-likeness (QED) is 0.523. The maximum Gasteiger partial charge on any atom is 0.335 e. The van der Waals surface area contributed by atoms with E-state index in [2.05, 4.69) is 22.1 Å². The molecule has 1 fully saturated rings. The number of rotatable bonds is 7. The highest BCUT2D eigenvalue weighted by Gasteiger charge is 2.28. The van der Waals surface area contributed by atoms with Gasteiger partial charge in [0.1, 0.15) is 0 Å². The van der Waals surface area contributed by atoms with Crippen LogP contribution in [0.1, 0.15) is 31.6 Å². The summed E-state index contributed by atoms with van der Waals surface area (Å²) in [7, 11) is 0. The minimum Gasteiger partial charge on any atom is -0.455 e. The van der Waals surface area contributed by atoms with Crippen LogP contribution in [-0.2, 0) is 20.9 Å². The molecule has 7 nitrogen and oxygen atoms in total. The number of carbonyl (C=O) groups excluding carboxylic acids is 1. The molecule has 0 aromatic carbocycles. The van der Waals surface area contributed by atoms with Crippen LogP contribution >= 0.6 is 0 Å². The Morgan fingerprint density at radius 3 is 3.11 bits per heavy atom. The van der Waals surface area contributed by atoms with Gasteiger partial charge in [0, 0.05) is 0 Å². The fourth-order valence-corrected chi connectivity index (χ4v) is 1.44. The molecule has 0 aliphatic heterocycles. The first kappa shape index (κ1) is 12.7. The van der Waals surface area contributed by atoms with Gasteiger partial charge in [0.05, 0.1) is 12.6 Å². The van der Waals surface area contributed by atoms with Crippen LogP contribution in [0.5, 0.6) is 0 Å². The predicted octanol–water partition coefficient (Wildman–Crippen LogP) is 0.642. The summed E-state index contributed by atoms with van der Waals surface area (Å²) in [6, 6.07) is 0.364. The number of aromatic nitrogens is 4. The lowest BCUT2D eigenvalue weighted by Gasteiger charge is -2.11. The van der Waals surface area contributed by atoms with E-state index in [4.69, 9.17) is 9.47 Å². The zero-order valence-electron chi connectivity index (χ0n) is 10.3. The van der Waals surface area contributed by atoms with Gasteiger partial charge in [0.25, 0.3) is 0 Å². The molecule has 1 aliphatic carbocycles. The van der Waals surface area contributed by atoms with Gasteiger partial charge in [-0.1, -0.05) is 6.08 Å². The van der Waals surface area contributed by atoms with E-state index in [1.54, 1.807) is 17.7 Å². The smallest absolute Gasteiger partial charge is 0.335 e. The van der Waals surface area contributed by atoms with Gasteiger partial charge in [-0.2, -0.15) is 0 Å². The summed E-state index contributed by atoms with van der Waals surface area (Å²) in [6.07, 6.45) is 3.11. The van der Waals surface area contributed by atoms with Gasteiger partial charge in [-0.15, -0.1) is 11.7 Å². The fourth-order valence-electron chi connectivity index (χ4n) is 1.44. The molecule has 1 unspecified atom stereocenters. The van der Waals surface area contributed by atoms with E-state index in [0.717, 1.165) is 12.8 Å². The van der Waals surface area contributed by atoms with E-state index in [9.17, 15) is 4.79 Å². The Bertz CT molecular complexity index is 428. The van der Waals surface area contributed by atoms with Gasteiger partial charge in [0.2, 0.25) is 0 Å². The van der Waals surface area contributed by atoms with Gasteiger partial charge in [0.15, 0.2) is 18.5 Å². The first-order chi connectivity index (χ1) is 8.72. The first-order valence-electron chi connectivity index (χ1n) is 5.88. The van der Waals surface area contributed by atoms with Crippen molar-refractivity contribution in [3.05, 3.63) is 18.5 Å². The highest BCUT2D eigenvalue weighted by Crippen LogP contribution is 2.34. The van der Waals surface area contributed by atoms with Gasteiger partial charge in [-0.3, -0.25) is 0 Å². The van der Waals surface area contributed by atoms with Crippen molar-refractivity contribution in [2.45, 2.75) is 38.5 Å². The van der Waals surface area contributed by atoms with Crippen LogP contribution in [0.15, 0.2) is 12.7 Å². The van der Waals surface area contributed by atoms with Gasteiger partial charge < -0.3 is 9.47 Å². The molecule has 1 aromatic heterocycles. The highest BCUT2D eigenvalue weighted by atomic mass is 16.6. The van der Waals surface area contributed by atoms with Crippen molar-refractivity contribution in [1.82, 2.24) is 20.2 Å². The third kappa shape index (κ3) is 3.13. The van der Waals surface area contributed by atoms with Gasteiger partial charge in [-0.25, -0.2) is 9.48 Å². The summed E-state index contributed by atoms with van der Waals surface area (Å²) in [4.78, 5) is 11.6. The van der Waals surface area contributed by atoms with Crippen molar-refractivity contribution < 1.29 is 14.3 Å². The Hall–Kier alpha value is -1.76. The molecule has 1 saturated carbocycles. The maximum atomic E-state index is 11.6. The summed E-state index contributed by atoms with van der Waals surface area (Å²) < 4.78 is 12.0. The molecule has 2 rings (SSSR count). The number of tetrazole rings is 1. The summed E-state index contributed by atoms with van der Waals surface area (Å²) in [5.74, 6) is 0.143. The fraction of sp³-hybridized carbons (Fsp3) is 0.636. The molecule has 1 aromatic rings. The molecular formula is C11H16N4O3. The molecule has 0 saturated heterocycles. The third-order valence-electron chi connectivity index (χ3n) is 2.59. The molecule has 7 heteroatoms. The predicted molar refractivity (Wildman–Crippen MR) is 61.5 cm³/mol. The summed E-state index contributed by atoms with van der Waals surface area (Å²) in [5, 5.41) is 11.3. The summed E-state index contributed by atoms with van der Waals surface area (Å²) >= 11 is 0. The number of hydrogen-bond acceptors (Lipinski definition) is 6. The second kappa shape index (κ2) is 5.72. The van der Waals surface area contributed by atoms with Gasteiger partial charge in [-0.05, 0) is 30.2 Å². The Kier molecular flexibility index (Phi) is 4.03. The Balaban J connectivity index is 1.81. The number of nitrogens with zero attached hydrogens (tertiary/aromatic N) is 4. The minimum absolute atomic E-state index is 0.0735. The van der Waals surface area contributed by atoms with E-state index in [0.29, 0.717) is 18.5 Å². The summed E-state index contributed by atoms with van der Waals surface area (Å²) in [5.41, 5.74) is 0. The average Bonchev–Trinajstić information content (AvgIpc) is 3.12. The Labute approximate surface area is 105 Å². The van der Waals surface area contributed by atoms with Crippen LogP contribution in [0.25, 0.3) is 0 Å². The molecule has 0 radical (unpaired) electrons. The van der Waals surface area contributed by atoms with Crippen LogP contribution in [0.4, 0.5) is 0 Å². The zero-order chi connectivity index (χ0) is 13.0. The van der Waals surface area contributed by atoms with Crippen molar-refractivity contribution in [2.24, 2.45) is 0 Å². The van der Waals surface area contributed by atoms with Gasteiger partial charge >= 0.3 is 5.97 Å². The lowest BCUT2D eigenvalue weighted by Crippen LogP contribution is -2.24. The lowest BCUT2D eigenvalue weighted by molar-refractivity contribution is -0.157. The van der Waals surface area contributed by atoms with Crippen molar-refractivity contribution in [3.63, 3.8) is 0 Å². The lowest BCUT2D eigenvalue weighted by atomic mass is 10.4. The summed E-state index contributed by atoms with van der Waals surface area (Å²) in [6.45, 7) is 5.53. The Morgan fingerprint density at radius 1 is 1.67 bits per heavy atom. The topological polar surface area (TPSA) is 79.1 Å². The number of carbonyl (C=O) groups is 1. The second-order valence-corrected chi connectivity index (χ2v) is 4.14. The van der Waals surface area contributed by atoms with Crippen LogP contribution < -0.4 is 0 Å². The molecule has 98 valence electrons. The molecule has 0 N–H and O–H groups in total. The molecule has 1 heterocycles. The van der Waals surface area contributed by atoms with E-state index in [1.165, 1.54) is 0 Å². The third-order valence-corrected chi connectivity index (χ3v) is 2.59. The van der Waals surface area contributed by atoms with Crippen LogP contribution in [0.3, 0.4) is 0 Å². The normalized spacial score (nSPS) is 16.3. The van der Waals surface area contributed by atoms with E-state index >= 15 is 0 Å². The molecule has 0 spiro atoms. The number of ether oxygens (including phenoxy) is 2. The standard InChI is InChI=1S/C11H16N4O3/c1-3-6-17-8(2)11(16)18-7-10-12-13-14-15(10)9-4-5-9/h3,8-9H,1,4-7H2,2H3. The SMILES string of the molecule is C=CCOC(C)C(=O)OCc1nnnn1C1CC1. The molecule has 1 atom stereocenters. The van der Waals surface area contributed by atoms with Crippen LogP contribution in [0.2, 0.25) is 0 Å². The maximum absolute atomic E-state index is 11.6. The first-order valence-corrected chi connectivity index (χ1v) is 5.88. The molecule has 0 amide bonds. The molecule has 0 bridgehead atoms. The average molecular weight is 252 g/mol. The number of esters is 1. The van der Waals surface area contributed by atoms with Crippen molar-refractivity contribution in [2.75, 3.05) is 6.61 Å². The zero-order valence-corrected chi connectivity index (χ0v) is 10.3. The molecule has 18 heavy (non-hydrogen) atoms. The molecule has 1 aliphatic rings. The van der Waals surface area contributed by atoms with Crippen molar-refractivity contribution in [3.8, 4) is 0 Å². The van der Waals surface area contributed by atoms with E-state index < -0.39 is 12.1 Å². The monoisotopic (exact) mass is 252 g/mol. The Morgan fingerprint density at radius 2 is 2.44 bits per heavy atom. The minimum atomic E-state index is -0.617.